The highest BCUT2D eigenvalue weighted by molar-refractivity contribution is 5.93. The van der Waals surface area contributed by atoms with Gasteiger partial charge in [-0.3, -0.25) is 4.79 Å². The number of carbonyl (C=O) groups is 1. The minimum absolute atomic E-state index is 0.183. The van der Waals surface area contributed by atoms with Crippen LogP contribution in [0.4, 0.5) is 10.1 Å². The molecule has 0 unspecified atom stereocenters. The summed E-state index contributed by atoms with van der Waals surface area (Å²) in [6.45, 7) is 2.10. The number of hydrogen-bond acceptors (Lipinski definition) is 4. The molecule has 22 heavy (non-hydrogen) atoms. The molecule has 5 nitrogen and oxygen atoms in total. The molecule has 0 aliphatic carbocycles. The topological polar surface area (TPSA) is 53.8 Å². The van der Waals surface area contributed by atoms with Crippen molar-refractivity contribution >= 4 is 11.6 Å². The quantitative estimate of drug-likeness (QED) is 0.848. The Labute approximate surface area is 126 Å². The predicted octanol–water partition coefficient (Wildman–Crippen LogP) is 1.74. The first kappa shape index (κ1) is 14.3. The number of rotatable bonds is 2. The first-order chi connectivity index (χ1) is 10.6. The number of carbonyl (C=O) groups excluding carboxylic acids is 1. The SMILES string of the molecule is O=C(c1ccc(=O)oc1)N1CCN(c2ccccc2F)CC1. The second kappa shape index (κ2) is 6.01. The van der Waals surface area contributed by atoms with E-state index >= 15 is 0 Å². The number of piperazine rings is 1. The summed E-state index contributed by atoms with van der Waals surface area (Å²) in [5.41, 5.74) is 0.417. The van der Waals surface area contributed by atoms with Crippen molar-refractivity contribution in [2.24, 2.45) is 0 Å². The molecule has 0 saturated carbocycles. The average Bonchev–Trinajstić information content (AvgIpc) is 2.56. The van der Waals surface area contributed by atoms with E-state index in [4.69, 9.17) is 4.42 Å². The molecule has 2 aromatic rings. The van der Waals surface area contributed by atoms with E-state index in [2.05, 4.69) is 0 Å². The fourth-order valence-electron chi connectivity index (χ4n) is 2.52. The first-order valence-electron chi connectivity index (χ1n) is 7.03. The molecule has 0 radical (unpaired) electrons. The van der Waals surface area contributed by atoms with E-state index in [-0.39, 0.29) is 11.7 Å². The van der Waals surface area contributed by atoms with Crippen LogP contribution in [0.1, 0.15) is 10.4 Å². The summed E-state index contributed by atoms with van der Waals surface area (Å²) in [7, 11) is 0. The number of anilines is 1. The molecule has 1 aliphatic heterocycles. The molecule has 1 saturated heterocycles. The molecule has 1 fully saturated rings. The highest BCUT2D eigenvalue weighted by Gasteiger charge is 2.23. The average molecular weight is 302 g/mol. The minimum atomic E-state index is -0.485. The lowest BCUT2D eigenvalue weighted by Crippen LogP contribution is -2.49. The van der Waals surface area contributed by atoms with E-state index in [0.717, 1.165) is 0 Å². The van der Waals surface area contributed by atoms with E-state index < -0.39 is 5.63 Å². The minimum Gasteiger partial charge on any atom is -0.430 e. The molecule has 3 rings (SSSR count). The molecule has 0 spiro atoms. The van der Waals surface area contributed by atoms with Gasteiger partial charge in [-0.25, -0.2) is 9.18 Å². The first-order valence-corrected chi connectivity index (χ1v) is 7.03. The van der Waals surface area contributed by atoms with E-state index in [9.17, 15) is 14.0 Å². The Hall–Kier alpha value is -2.63. The summed E-state index contributed by atoms with van der Waals surface area (Å²) < 4.78 is 18.5. The zero-order valence-corrected chi connectivity index (χ0v) is 11.9. The van der Waals surface area contributed by atoms with Crippen molar-refractivity contribution < 1.29 is 13.6 Å². The van der Waals surface area contributed by atoms with Gasteiger partial charge in [-0.1, -0.05) is 12.1 Å². The number of benzene rings is 1. The maximum atomic E-state index is 13.8. The van der Waals surface area contributed by atoms with Crippen molar-refractivity contribution in [3.05, 3.63) is 64.5 Å². The van der Waals surface area contributed by atoms with Gasteiger partial charge < -0.3 is 14.2 Å². The Balaban J connectivity index is 1.67. The third-order valence-corrected chi connectivity index (χ3v) is 3.71. The van der Waals surface area contributed by atoms with Crippen molar-refractivity contribution in [3.8, 4) is 0 Å². The van der Waals surface area contributed by atoms with Crippen LogP contribution >= 0.6 is 0 Å². The van der Waals surface area contributed by atoms with Gasteiger partial charge in [0.05, 0.1) is 11.3 Å². The molecule has 1 aromatic carbocycles. The molecular weight excluding hydrogens is 287 g/mol. The molecule has 1 aliphatic rings. The molecule has 6 heteroatoms. The molecule has 114 valence electrons. The van der Waals surface area contributed by atoms with Crippen LogP contribution in [0.2, 0.25) is 0 Å². The van der Waals surface area contributed by atoms with Crippen LogP contribution in [0.25, 0.3) is 0 Å². The highest BCUT2D eigenvalue weighted by Crippen LogP contribution is 2.20. The summed E-state index contributed by atoms with van der Waals surface area (Å²) in [6.07, 6.45) is 1.17. The fraction of sp³-hybridized carbons (Fsp3) is 0.250. The van der Waals surface area contributed by atoms with Crippen LogP contribution < -0.4 is 10.5 Å². The molecule has 2 heterocycles. The number of hydrogen-bond donors (Lipinski definition) is 0. The molecule has 1 aromatic heterocycles. The maximum Gasteiger partial charge on any atom is 0.335 e. The largest absolute Gasteiger partial charge is 0.430 e. The predicted molar refractivity (Wildman–Crippen MR) is 79.5 cm³/mol. The van der Waals surface area contributed by atoms with Crippen molar-refractivity contribution in [1.82, 2.24) is 4.90 Å². The second-order valence-electron chi connectivity index (χ2n) is 5.07. The highest BCUT2D eigenvalue weighted by atomic mass is 19.1. The monoisotopic (exact) mass is 302 g/mol. The van der Waals surface area contributed by atoms with Gasteiger partial charge >= 0.3 is 5.63 Å². The van der Waals surface area contributed by atoms with Crippen molar-refractivity contribution in [1.29, 1.82) is 0 Å². The summed E-state index contributed by atoms with van der Waals surface area (Å²) in [4.78, 5) is 26.8. The normalized spacial score (nSPS) is 15.0. The molecule has 0 bridgehead atoms. The lowest BCUT2D eigenvalue weighted by molar-refractivity contribution is 0.0744. The summed E-state index contributed by atoms with van der Waals surface area (Å²) in [5.74, 6) is -0.441. The van der Waals surface area contributed by atoms with E-state index in [1.807, 2.05) is 4.90 Å². The molecule has 0 N–H and O–H groups in total. The van der Waals surface area contributed by atoms with Gasteiger partial charge in [-0.15, -0.1) is 0 Å². The summed E-state index contributed by atoms with van der Waals surface area (Å²) in [6, 6.07) is 9.29. The van der Waals surface area contributed by atoms with Gasteiger partial charge in [-0.05, 0) is 18.2 Å². The van der Waals surface area contributed by atoms with Crippen LogP contribution in [0, 0.1) is 5.82 Å². The van der Waals surface area contributed by atoms with E-state index in [1.165, 1.54) is 24.5 Å². The molecule has 0 atom stereocenters. The zero-order chi connectivity index (χ0) is 15.5. The van der Waals surface area contributed by atoms with E-state index in [0.29, 0.717) is 37.4 Å². The van der Waals surface area contributed by atoms with Crippen LogP contribution in [0.15, 0.2) is 51.9 Å². The van der Waals surface area contributed by atoms with Gasteiger partial charge in [0.25, 0.3) is 5.91 Å². The van der Waals surface area contributed by atoms with Gasteiger partial charge in [0.1, 0.15) is 12.1 Å². The Morgan fingerprint density at radius 1 is 1.05 bits per heavy atom. The Morgan fingerprint density at radius 2 is 1.77 bits per heavy atom. The standard InChI is InChI=1S/C16H15FN2O3/c17-13-3-1-2-4-14(13)18-7-9-19(10-8-18)16(21)12-5-6-15(20)22-11-12/h1-6,11H,7-10H2. The number of amides is 1. The maximum absolute atomic E-state index is 13.8. The Morgan fingerprint density at radius 3 is 2.41 bits per heavy atom. The summed E-state index contributed by atoms with van der Waals surface area (Å²) in [5, 5.41) is 0. The number of halogens is 1. The smallest absolute Gasteiger partial charge is 0.335 e. The van der Waals surface area contributed by atoms with Gasteiger partial charge in [0.2, 0.25) is 0 Å². The Bertz CT molecular complexity index is 716. The van der Waals surface area contributed by atoms with Crippen molar-refractivity contribution in [2.75, 3.05) is 31.1 Å². The van der Waals surface area contributed by atoms with Gasteiger partial charge in [-0.2, -0.15) is 0 Å². The van der Waals surface area contributed by atoms with Crippen LogP contribution in [0.5, 0.6) is 0 Å². The van der Waals surface area contributed by atoms with Crippen molar-refractivity contribution in [2.45, 2.75) is 0 Å². The lowest BCUT2D eigenvalue weighted by atomic mass is 10.2. The molecule has 1 amide bonds. The fourth-order valence-corrected chi connectivity index (χ4v) is 2.52. The van der Waals surface area contributed by atoms with Crippen LogP contribution in [0.3, 0.4) is 0 Å². The third kappa shape index (κ3) is 2.86. The third-order valence-electron chi connectivity index (χ3n) is 3.71. The van der Waals surface area contributed by atoms with Crippen molar-refractivity contribution in [3.63, 3.8) is 0 Å². The van der Waals surface area contributed by atoms with Gasteiger partial charge in [0.15, 0.2) is 0 Å². The Kier molecular flexibility index (Phi) is 3.91. The number of para-hydroxylation sites is 1. The van der Waals surface area contributed by atoms with Gasteiger partial charge in [0, 0.05) is 32.2 Å². The second-order valence-corrected chi connectivity index (χ2v) is 5.07. The van der Waals surface area contributed by atoms with Crippen LogP contribution in [-0.2, 0) is 0 Å². The number of nitrogens with zero attached hydrogens (tertiary/aromatic N) is 2. The zero-order valence-electron chi connectivity index (χ0n) is 11.9. The van der Waals surface area contributed by atoms with Crippen LogP contribution in [-0.4, -0.2) is 37.0 Å². The van der Waals surface area contributed by atoms with E-state index in [1.54, 1.807) is 23.1 Å². The lowest BCUT2D eigenvalue weighted by Gasteiger charge is -2.36. The molecular formula is C16H15FN2O3. The summed E-state index contributed by atoms with van der Waals surface area (Å²) >= 11 is 0.